The van der Waals surface area contributed by atoms with Gasteiger partial charge in [-0.05, 0) is 0 Å². The maximum atomic E-state index is 11.8. The molecule has 68 valence electrons. The van der Waals surface area contributed by atoms with Crippen LogP contribution in [-0.4, -0.2) is 5.78 Å². The van der Waals surface area contributed by atoms with Crippen LogP contribution in [0.15, 0.2) is 60.7 Å². The molecule has 2 aromatic rings. The molecular formula is C13H10NaO+. The van der Waals surface area contributed by atoms with Crippen LogP contribution in [0.2, 0.25) is 0 Å². The first-order valence-corrected chi connectivity index (χ1v) is 4.53. The van der Waals surface area contributed by atoms with Crippen LogP contribution in [0.25, 0.3) is 0 Å². The summed E-state index contributed by atoms with van der Waals surface area (Å²) in [5.41, 5.74) is 1.47. The number of hydrogen-bond donors (Lipinski definition) is 0. The zero-order valence-electron chi connectivity index (χ0n) is 8.68. The van der Waals surface area contributed by atoms with E-state index in [4.69, 9.17) is 0 Å². The Kier molecular flexibility index (Phi) is 4.76. The van der Waals surface area contributed by atoms with Crippen molar-refractivity contribution >= 4 is 5.78 Å². The van der Waals surface area contributed by atoms with Gasteiger partial charge < -0.3 is 0 Å². The second-order valence-corrected chi connectivity index (χ2v) is 3.06. The first-order valence-electron chi connectivity index (χ1n) is 4.53. The molecule has 0 aliphatic carbocycles. The van der Waals surface area contributed by atoms with Crippen molar-refractivity contribution in [1.29, 1.82) is 0 Å². The van der Waals surface area contributed by atoms with E-state index in [2.05, 4.69) is 0 Å². The number of benzene rings is 2. The third kappa shape index (κ3) is 3.03. The fourth-order valence-corrected chi connectivity index (χ4v) is 1.35. The summed E-state index contributed by atoms with van der Waals surface area (Å²) >= 11 is 0. The molecule has 0 aliphatic rings. The minimum absolute atomic E-state index is 0. The van der Waals surface area contributed by atoms with Crippen molar-refractivity contribution in [2.45, 2.75) is 0 Å². The number of carbonyl (C=O) groups is 1. The van der Waals surface area contributed by atoms with E-state index in [1.165, 1.54) is 0 Å². The van der Waals surface area contributed by atoms with Crippen molar-refractivity contribution in [2.24, 2.45) is 0 Å². The molecule has 0 aliphatic heterocycles. The summed E-state index contributed by atoms with van der Waals surface area (Å²) in [6.45, 7) is 0. The summed E-state index contributed by atoms with van der Waals surface area (Å²) in [5.74, 6) is 0.0752. The first-order chi connectivity index (χ1) is 6.88. The van der Waals surface area contributed by atoms with Crippen molar-refractivity contribution in [3.05, 3.63) is 71.8 Å². The van der Waals surface area contributed by atoms with Crippen LogP contribution in [0.1, 0.15) is 15.9 Å². The molecule has 1 nitrogen and oxygen atoms in total. The predicted octanol–water partition coefficient (Wildman–Crippen LogP) is -0.0784. The van der Waals surface area contributed by atoms with Crippen LogP contribution in [0.5, 0.6) is 0 Å². The molecule has 2 rings (SSSR count). The monoisotopic (exact) mass is 205 g/mol. The Morgan fingerprint density at radius 1 is 0.667 bits per heavy atom. The predicted molar refractivity (Wildman–Crippen MR) is 56.3 cm³/mol. The molecule has 0 fully saturated rings. The van der Waals surface area contributed by atoms with Gasteiger partial charge in [0.05, 0.1) is 0 Å². The second-order valence-electron chi connectivity index (χ2n) is 3.06. The van der Waals surface area contributed by atoms with Crippen molar-refractivity contribution < 1.29 is 34.4 Å². The summed E-state index contributed by atoms with van der Waals surface area (Å²) in [4.78, 5) is 11.8. The molecule has 0 amide bonds. The summed E-state index contributed by atoms with van der Waals surface area (Å²) < 4.78 is 0. The average molecular weight is 205 g/mol. The zero-order chi connectivity index (χ0) is 9.80. The quantitative estimate of drug-likeness (QED) is 0.495. The number of ketones is 1. The normalized spacial score (nSPS) is 9.07. The Morgan fingerprint density at radius 3 is 1.33 bits per heavy atom. The van der Waals surface area contributed by atoms with E-state index < -0.39 is 0 Å². The van der Waals surface area contributed by atoms with E-state index in [-0.39, 0.29) is 35.3 Å². The molecule has 0 unspecified atom stereocenters. The Balaban J connectivity index is 0.00000112. The molecule has 0 bridgehead atoms. The van der Waals surface area contributed by atoms with E-state index in [9.17, 15) is 4.79 Å². The Labute approximate surface area is 111 Å². The Hall–Kier alpha value is -0.890. The molecular weight excluding hydrogens is 195 g/mol. The van der Waals surface area contributed by atoms with Crippen molar-refractivity contribution in [3.8, 4) is 0 Å². The molecule has 0 radical (unpaired) electrons. The smallest absolute Gasteiger partial charge is 0.289 e. The standard InChI is InChI=1S/C13H10O.Na/c14-13(11-7-3-1-4-8-11)12-9-5-2-6-10-12;/h1-10H;/q;+1. The first kappa shape index (κ1) is 12.2. The molecule has 0 saturated heterocycles. The van der Waals surface area contributed by atoms with Crippen LogP contribution in [-0.2, 0) is 0 Å². The van der Waals surface area contributed by atoms with Crippen LogP contribution < -0.4 is 29.6 Å². The number of hydrogen-bond acceptors (Lipinski definition) is 1. The van der Waals surface area contributed by atoms with E-state index in [0.717, 1.165) is 11.1 Å². The second kappa shape index (κ2) is 5.86. The molecule has 2 aromatic carbocycles. The van der Waals surface area contributed by atoms with E-state index in [0.29, 0.717) is 0 Å². The van der Waals surface area contributed by atoms with Crippen LogP contribution in [0.3, 0.4) is 0 Å². The Morgan fingerprint density at radius 2 is 1.00 bits per heavy atom. The maximum absolute atomic E-state index is 11.8. The van der Waals surface area contributed by atoms with Gasteiger partial charge in [0.15, 0.2) is 5.78 Å². The molecule has 0 N–H and O–H groups in total. The van der Waals surface area contributed by atoms with Gasteiger partial charge in [-0.1, -0.05) is 60.7 Å². The van der Waals surface area contributed by atoms with Gasteiger partial charge in [0.2, 0.25) is 0 Å². The molecule has 15 heavy (non-hydrogen) atoms. The topological polar surface area (TPSA) is 17.1 Å². The number of rotatable bonds is 2. The van der Waals surface area contributed by atoms with Crippen LogP contribution in [0.4, 0.5) is 0 Å². The molecule has 0 atom stereocenters. The van der Waals surface area contributed by atoms with Crippen molar-refractivity contribution in [2.75, 3.05) is 0 Å². The Bertz CT molecular complexity index is 381. The van der Waals surface area contributed by atoms with Gasteiger partial charge >= 0.3 is 29.6 Å². The van der Waals surface area contributed by atoms with Gasteiger partial charge in [0.25, 0.3) is 0 Å². The fraction of sp³-hybridized carbons (Fsp3) is 0. The summed E-state index contributed by atoms with van der Waals surface area (Å²) in [7, 11) is 0. The third-order valence-electron chi connectivity index (χ3n) is 2.07. The van der Waals surface area contributed by atoms with E-state index in [1.807, 2.05) is 60.7 Å². The molecule has 2 heteroatoms. The molecule has 0 saturated carbocycles. The number of carbonyl (C=O) groups excluding carboxylic acids is 1. The SMILES string of the molecule is O=C(c1ccccc1)c1ccccc1.[Na+]. The third-order valence-corrected chi connectivity index (χ3v) is 2.07. The minimum atomic E-state index is 0. The largest absolute Gasteiger partial charge is 1.00 e. The van der Waals surface area contributed by atoms with E-state index in [1.54, 1.807) is 0 Å². The van der Waals surface area contributed by atoms with Gasteiger partial charge in [-0.2, -0.15) is 0 Å². The maximum Gasteiger partial charge on any atom is 1.00 e. The minimum Gasteiger partial charge on any atom is -0.289 e. The van der Waals surface area contributed by atoms with Crippen LogP contribution in [0, 0.1) is 0 Å². The van der Waals surface area contributed by atoms with Crippen molar-refractivity contribution in [1.82, 2.24) is 0 Å². The van der Waals surface area contributed by atoms with Gasteiger partial charge in [-0.25, -0.2) is 0 Å². The van der Waals surface area contributed by atoms with E-state index >= 15 is 0 Å². The summed E-state index contributed by atoms with van der Waals surface area (Å²) in [6.07, 6.45) is 0. The fourth-order valence-electron chi connectivity index (χ4n) is 1.35. The van der Waals surface area contributed by atoms with Crippen molar-refractivity contribution in [3.63, 3.8) is 0 Å². The zero-order valence-corrected chi connectivity index (χ0v) is 10.7. The van der Waals surface area contributed by atoms with Gasteiger partial charge in [-0.15, -0.1) is 0 Å². The molecule has 0 spiro atoms. The average Bonchev–Trinajstić information content (AvgIpc) is 2.30. The summed E-state index contributed by atoms with van der Waals surface area (Å²) in [6, 6.07) is 18.6. The molecule has 0 aromatic heterocycles. The van der Waals surface area contributed by atoms with Gasteiger partial charge in [0.1, 0.15) is 0 Å². The summed E-state index contributed by atoms with van der Waals surface area (Å²) in [5, 5.41) is 0. The van der Waals surface area contributed by atoms with Crippen LogP contribution >= 0.6 is 0 Å². The van der Waals surface area contributed by atoms with Gasteiger partial charge in [-0.3, -0.25) is 4.79 Å². The van der Waals surface area contributed by atoms with Gasteiger partial charge in [0, 0.05) is 11.1 Å². The molecule has 0 heterocycles.